The van der Waals surface area contributed by atoms with E-state index in [0.717, 1.165) is 19.1 Å². The van der Waals surface area contributed by atoms with Crippen molar-refractivity contribution in [3.05, 3.63) is 12.2 Å². The maximum absolute atomic E-state index is 10.5. The molecule has 0 amide bonds. The van der Waals surface area contributed by atoms with Gasteiger partial charge in [0.25, 0.3) is 10.1 Å². The first-order valence-corrected chi connectivity index (χ1v) is 5.39. The molecule has 0 aromatic carbocycles. The van der Waals surface area contributed by atoms with E-state index in [9.17, 15) is 8.42 Å². The normalized spacial score (nSPS) is 19.4. The molecule has 0 heterocycles. The second-order valence-corrected chi connectivity index (χ2v) is 4.44. The van der Waals surface area contributed by atoms with E-state index in [1.807, 2.05) is 0 Å². The third-order valence-electron chi connectivity index (χ3n) is 1.62. The minimum atomic E-state index is -3.24. The molecule has 0 N–H and O–H groups in total. The molecular formula is C7H12O3S. The van der Waals surface area contributed by atoms with Crippen LogP contribution in [0.5, 0.6) is 0 Å². The van der Waals surface area contributed by atoms with Crippen molar-refractivity contribution in [1.82, 2.24) is 0 Å². The van der Waals surface area contributed by atoms with Crippen LogP contribution in [0.4, 0.5) is 0 Å². The highest BCUT2D eigenvalue weighted by Gasteiger charge is 2.12. The molecular weight excluding hydrogens is 164 g/mol. The van der Waals surface area contributed by atoms with Gasteiger partial charge in [0.2, 0.25) is 0 Å². The van der Waals surface area contributed by atoms with Gasteiger partial charge in [0, 0.05) is 0 Å². The molecule has 0 bridgehead atoms. The van der Waals surface area contributed by atoms with Gasteiger partial charge in [-0.1, -0.05) is 12.2 Å². The summed E-state index contributed by atoms with van der Waals surface area (Å²) in [5.41, 5.74) is 0. The lowest BCUT2D eigenvalue weighted by Crippen LogP contribution is -2.10. The van der Waals surface area contributed by atoms with E-state index >= 15 is 0 Å². The molecule has 64 valence electrons. The van der Waals surface area contributed by atoms with Crippen LogP contribution >= 0.6 is 0 Å². The molecule has 0 spiro atoms. The van der Waals surface area contributed by atoms with Gasteiger partial charge in [0.15, 0.2) is 0 Å². The van der Waals surface area contributed by atoms with E-state index in [-0.39, 0.29) is 0 Å². The van der Waals surface area contributed by atoms with Crippen LogP contribution in [-0.2, 0) is 14.3 Å². The Kier molecular flexibility index (Phi) is 2.67. The molecule has 4 heteroatoms. The van der Waals surface area contributed by atoms with Crippen molar-refractivity contribution < 1.29 is 12.6 Å². The Labute approximate surface area is 67.2 Å². The molecule has 0 saturated carbocycles. The van der Waals surface area contributed by atoms with Crippen LogP contribution in [0, 0.1) is 5.92 Å². The second kappa shape index (κ2) is 3.36. The molecule has 0 unspecified atom stereocenters. The van der Waals surface area contributed by atoms with Crippen LogP contribution < -0.4 is 0 Å². The van der Waals surface area contributed by atoms with Crippen LogP contribution in [0.1, 0.15) is 12.8 Å². The minimum absolute atomic E-state index is 0.325. The van der Waals surface area contributed by atoms with Gasteiger partial charge < -0.3 is 0 Å². The van der Waals surface area contributed by atoms with Crippen molar-refractivity contribution in [3.8, 4) is 0 Å². The number of hydrogen-bond donors (Lipinski definition) is 0. The van der Waals surface area contributed by atoms with Gasteiger partial charge in [0.05, 0.1) is 12.9 Å². The lowest BCUT2D eigenvalue weighted by molar-refractivity contribution is 0.263. The van der Waals surface area contributed by atoms with Crippen molar-refractivity contribution in [2.75, 3.05) is 12.9 Å². The fourth-order valence-corrected chi connectivity index (χ4v) is 1.47. The smallest absolute Gasteiger partial charge is 0.264 e. The summed E-state index contributed by atoms with van der Waals surface area (Å²) in [5, 5.41) is 0. The molecule has 3 nitrogen and oxygen atoms in total. The third kappa shape index (κ3) is 3.53. The van der Waals surface area contributed by atoms with Crippen molar-refractivity contribution in [2.45, 2.75) is 12.8 Å². The standard InChI is InChI=1S/C7H12O3S/c1-11(8,9)10-6-7-4-2-3-5-7/h2-3,7H,4-6H2,1H3. The van der Waals surface area contributed by atoms with Crippen molar-refractivity contribution in [2.24, 2.45) is 5.92 Å². The molecule has 0 saturated heterocycles. The third-order valence-corrected chi connectivity index (χ3v) is 2.19. The van der Waals surface area contributed by atoms with Gasteiger partial charge in [-0.15, -0.1) is 0 Å². The monoisotopic (exact) mass is 176 g/mol. The maximum Gasteiger partial charge on any atom is 0.264 e. The summed E-state index contributed by atoms with van der Waals surface area (Å²) >= 11 is 0. The molecule has 1 rings (SSSR count). The number of hydrogen-bond acceptors (Lipinski definition) is 3. The highest BCUT2D eigenvalue weighted by atomic mass is 32.2. The van der Waals surface area contributed by atoms with Gasteiger partial charge in [-0.2, -0.15) is 8.42 Å². The SMILES string of the molecule is CS(=O)(=O)OCC1CC=CC1. The predicted molar refractivity (Wildman–Crippen MR) is 42.7 cm³/mol. The van der Waals surface area contributed by atoms with Gasteiger partial charge in [0.1, 0.15) is 0 Å². The van der Waals surface area contributed by atoms with Gasteiger partial charge in [-0.05, 0) is 18.8 Å². The van der Waals surface area contributed by atoms with E-state index in [0.29, 0.717) is 12.5 Å². The van der Waals surface area contributed by atoms with Crippen LogP contribution in [-0.4, -0.2) is 21.3 Å². The predicted octanol–water partition coefficient (Wildman–Crippen LogP) is 0.929. The molecule has 1 aliphatic carbocycles. The maximum atomic E-state index is 10.5. The molecule has 0 atom stereocenters. The summed E-state index contributed by atoms with van der Waals surface area (Å²) < 4.78 is 25.7. The largest absolute Gasteiger partial charge is 0.270 e. The molecule has 0 fully saturated rings. The van der Waals surface area contributed by atoms with E-state index < -0.39 is 10.1 Å². The second-order valence-electron chi connectivity index (χ2n) is 2.80. The Bertz CT molecular complexity index is 232. The Morgan fingerprint density at radius 3 is 2.45 bits per heavy atom. The molecule has 0 aromatic rings. The minimum Gasteiger partial charge on any atom is -0.270 e. The van der Waals surface area contributed by atoms with Crippen LogP contribution in [0.2, 0.25) is 0 Å². The summed E-state index contributed by atoms with van der Waals surface area (Å²) in [7, 11) is -3.24. The Morgan fingerprint density at radius 2 is 2.00 bits per heavy atom. The quantitative estimate of drug-likeness (QED) is 0.474. The first-order valence-electron chi connectivity index (χ1n) is 3.57. The average molecular weight is 176 g/mol. The average Bonchev–Trinajstić information content (AvgIpc) is 2.32. The lowest BCUT2D eigenvalue weighted by atomic mass is 10.1. The van der Waals surface area contributed by atoms with Gasteiger partial charge in [-0.3, -0.25) is 4.18 Å². The number of rotatable bonds is 3. The highest BCUT2D eigenvalue weighted by Crippen LogP contribution is 2.18. The summed E-state index contributed by atoms with van der Waals surface area (Å²) in [6.07, 6.45) is 7.06. The van der Waals surface area contributed by atoms with Crippen molar-refractivity contribution in [1.29, 1.82) is 0 Å². The van der Waals surface area contributed by atoms with Crippen LogP contribution in [0.15, 0.2) is 12.2 Å². The van der Waals surface area contributed by atoms with Crippen molar-refractivity contribution >= 4 is 10.1 Å². The van der Waals surface area contributed by atoms with Crippen LogP contribution in [0.3, 0.4) is 0 Å². The fraction of sp³-hybridized carbons (Fsp3) is 0.714. The highest BCUT2D eigenvalue weighted by molar-refractivity contribution is 7.85. The van der Waals surface area contributed by atoms with Crippen LogP contribution in [0.25, 0.3) is 0 Å². The summed E-state index contributed by atoms with van der Waals surface area (Å²) in [6.45, 7) is 0.325. The summed E-state index contributed by atoms with van der Waals surface area (Å²) in [6, 6.07) is 0. The van der Waals surface area contributed by atoms with E-state index in [2.05, 4.69) is 16.3 Å². The zero-order chi connectivity index (χ0) is 8.32. The fourth-order valence-electron chi connectivity index (χ4n) is 1.03. The molecule has 11 heavy (non-hydrogen) atoms. The lowest BCUT2D eigenvalue weighted by Gasteiger charge is -2.06. The molecule has 0 aromatic heterocycles. The topological polar surface area (TPSA) is 43.4 Å². The molecule has 1 aliphatic rings. The van der Waals surface area contributed by atoms with Gasteiger partial charge >= 0.3 is 0 Å². The van der Waals surface area contributed by atoms with E-state index in [1.165, 1.54) is 0 Å². The van der Waals surface area contributed by atoms with Gasteiger partial charge in [-0.25, -0.2) is 0 Å². The van der Waals surface area contributed by atoms with E-state index in [1.54, 1.807) is 0 Å². The van der Waals surface area contributed by atoms with Crippen molar-refractivity contribution in [3.63, 3.8) is 0 Å². The first kappa shape index (κ1) is 8.74. The Hall–Kier alpha value is -0.350. The summed E-state index contributed by atoms with van der Waals surface area (Å²) in [5.74, 6) is 0.365. The molecule has 0 aliphatic heterocycles. The Morgan fingerprint density at radius 1 is 1.45 bits per heavy atom. The number of allylic oxidation sites excluding steroid dienone is 2. The zero-order valence-corrected chi connectivity index (χ0v) is 7.30. The summed E-state index contributed by atoms with van der Waals surface area (Å²) in [4.78, 5) is 0. The first-order chi connectivity index (χ1) is 5.08. The molecule has 0 radical (unpaired) electrons. The van der Waals surface area contributed by atoms with E-state index in [4.69, 9.17) is 0 Å². The Balaban J connectivity index is 2.23. The zero-order valence-electron chi connectivity index (χ0n) is 6.49.